The van der Waals surface area contributed by atoms with Gasteiger partial charge in [0.25, 0.3) is 0 Å². The fourth-order valence-electron chi connectivity index (χ4n) is 12.1. The van der Waals surface area contributed by atoms with Crippen LogP contribution < -0.4 is 0 Å². The lowest BCUT2D eigenvalue weighted by molar-refractivity contribution is 0.633. The Morgan fingerprint density at radius 3 is 1.34 bits per heavy atom. The van der Waals surface area contributed by atoms with E-state index in [1.165, 1.54) is 116 Å². The molecule has 0 atom stereocenters. The number of hydrogen-bond donors (Lipinski definition) is 0. The summed E-state index contributed by atoms with van der Waals surface area (Å²) in [5.74, 6) is 0. The highest BCUT2D eigenvalue weighted by atomic mass is 15.0. The van der Waals surface area contributed by atoms with Crippen LogP contribution in [0.3, 0.4) is 0 Å². The molecule has 2 spiro atoms. The predicted octanol–water partition coefficient (Wildman–Crippen LogP) is 14.1. The third-order valence-electron chi connectivity index (χ3n) is 14.2. The second kappa shape index (κ2) is 11.1. The van der Waals surface area contributed by atoms with Crippen LogP contribution in [-0.4, -0.2) is 4.57 Å². The fourth-order valence-corrected chi connectivity index (χ4v) is 12.1. The van der Waals surface area contributed by atoms with Crippen molar-refractivity contribution in [3.05, 3.63) is 257 Å². The molecule has 272 valence electrons. The molecule has 0 radical (unpaired) electrons. The first-order chi connectivity index (χ1) is 29.3. The largest absolute Gasteiger partial charge is 0.309 e. The lowest BCUT2D eigenvalue weighted by Gasteiger charge is -2.48. The minimum atomic E-state index is -0.558. The van der Waals surface area contributed by atoms with E-state index >= 15 is 0 Å². The van der Waals surface area contributed by atoms with E-state index in [4.69, 9.17) is 0 Å². The molecule has 0 amide bonds. The van der Waals surface area contributed by atoms with E-state index < -0.39 is 10.8 Å². The molecule has 0 bridgehead atoms. The van der Waals surface area contributed by atoms with Gasteiger partial charge >= 0.3 is 0 Å². The van der Waals surface area contributed by atoms with Crippen molar-refractivity contribution in [2.45, 2.75) is 10.8 Å². The van der Waals surface area contributed by atoms with E-state index in [1.54, 1.807) is 0 Å². The molecule has 0 fully saturated rings. The molecule has 1 heteroatoms. The van der Waals surface area contributed by atoms with Crippen LogP contribution in [0.1, 0.15) is 44.5 Å². The van der Waals surface area contributed by atoms with Gasteiger partial charge < -0.3 is 4.57 Å². The van der Waals surface area contributed by atoms with Gasteiger partial charge in [0.1, 0.15) is 0 Å². The lowest BCUT2D eigenvalue weighted by atomic mass is 9.52. The minimum absolute atomic E-state index is 0.466. The molecule has 3 aliphatic carbocycles. The Bertz CT molecular complexity index is 3540. The lowest BCUT2D eigenvalue weighted by Crippen LogP contribution is -2.43. The molecule has 59 heavy (non-hydrogen) atoms. The van der Waals surface area contributed by atoms with Gasteiger partial charge in [-0.05, 0) is 119 Å². The summed E-state index contributed by atoms with van der Waals surface area (Å²) in [7, 11) is 0. The molecule has 1 aromatic heterocycles. The van der Waals surface area contributed by atoms with Gasteiger partial charge in [-0.15, -0.1) is 0 Å². The van der Waals surface area contributed by atoms with Gasteiger partial charge in [-0.3, -0.25) is 0 Å². The molecule has 0 N–H and O–H groups in total. The zero-order valence-electron chi connectivity index (χ0n) is 32.2. The summed E-state index contributed by atoms with van der Waals surface area (Å²) in [5.41, 5.74) is 18.7. The molecule has 10 aromatic carbocycles. The average Bonchev–Trinajstić information content (AvgIpc) is 3.90. The molecule has 0 saturated carbocycles. The molecule has 14 rings (SSSR count). The van der Waals surface area contributed by atoms with Crippen LogP contribution >= 0.6 is 0 Å². The van der Waals surface area contributed by atoms with Crippen molar-refractivity contribution < 1.29 is 0 Å². The molecule has 0 aliphatic heterocycles. The van der Waals surface area contributed by atoms with Crippen LogP contribution in [0, 0.1) is 0 Å². The SMILES string of the molecule is c1ccc2c(c1)-c1ccccc1C21c2ccccc2C2(c3ccccc3-c3cc4c5c6ccccc6ccc5n(-c5ccc6ccccc6c5)c4cc32)c2ccccc21. The van der Waals surface area contributed by atoms with Crippen molar-refractivity contribution in [3.63, 3.8) is 0 Å². The van der Waals surface area contributed by atoms with Crippen molar-refractivity contribution >= 4 is 43.4 Å². The van der Waals surface area contributed by atoms with Gasteiger partial charge in [-0.1, -0.05) is 182 Å². The van der Waals surface area contributed by atoms with Crippen LogP contribution in [0.4, 0.5) is 0 Å². The van der Waals surface area contributed by atoms with Crippen molar-refractivity contribution in [1.29, 1.82) is 0 Å². The monoisotopic (exact) mass is 745 g/mol. The van der Waals surface area contributed by atoms with Gasteiger partial charge in [0.2, 0.25) is 0 Å². The van der Waals surface area contributed by atoms with Crippen molar-refractivity contribution in [2.75, 3.05) is 0 Å². The van der Waals surface area contributed by atoms with Crippen LogP contribution in [0.5, 0.6) is 0 Å². The Morgan fingerprint density at radius 2 is 0.729 bits per heavy atom. The van der Waals surface area contributed by atoms with E-state index in [0.29, 0.717) is 0 Å². The molecule has 0 saturated heterocycles. The number of aromatic nitrogens is 1. The van der Waals surface area contributed by atoms with E-state index in [9.17, 15) is 0 Å². The molecule has 11 aromatic rings. The number of nitrogens with zero attached hydrogens (tertiary/aromatic N) is 1. The molecular formula is C58H35N. The quantitative estimate of drug-likeness (QED) is 0.158. The molecule has 3 aliphatic rings. The van der Waals surface area contributed by atoms with Crippen molar-refractivity contribution in [1.82, 2.24) is 4.57 Å². The zero-order valence-corrected chi connectivity index (χ0v) is 32.2. The van der Waals surface area contributed by atoms with Gasteiger partial charge in [0.05, 0.1) is 21.9 Å². The van der Waals surface area contributed by atoms with E-state index in [0.717, 1.165) is 0 Å². The van der Waals surface area contributed by atoms with Gasteiger partial charge in [0, 0.05) is 16.5 Å². The summed E-state index contributed by atoms with van der Waals surface area (Å²) in [5, 5.41) is 7.61. The Kier molecular flexibility index (Phi) is 5.96. The second-order valence-electron chi connectivity index (χ2n) is 16.7. The maximum atomic E-state index is 2.58. The topological polar surface area (TPSA) is 4.93 Å². The number of benzene rings is 10. The number of rotatable bonds is 1. The van der Waals surface area contributed by atoms with E-state index in [2.05, 4.69) is 217 Å². The number of fused-ring (bicyclic) bond motifs is 22. The predicted molar refractivity (Wildman–Crippen MR) is 244 cm³/mol. The zero-order chi connectivity index (χ0) is 38.5. The highest BCUT2D eigenvalue weighted by Gasteiger charge is 2.59. The van der Waals surface area contributed by atoms with E-state index in [1.807, 2.05) is 0 Å². The Labute approximate surface area is 342 Å². The molecule has 1 heterocycles. The van der Waals surface area contributed by atoms with Gasteiger partial charge in [-0.25, -0.2) is 0 Å². The first-order valence-electron chi connectivity index (χ1n) is 20.8. The third kappa shape index (κ3) is 3.69. The standard InChI is InChI=1S/C58H35N/c1-2-17-38-33-39(31-29-36(38)15-1)59-54-32-30-37-16-3-4-18-40(37)56(54)45-34-44-43-21-7-10-24-48(43)58(53(44)35-55(45)59)51-27-13-11-25-49(51)57(50-26-12-14-28-52(50)58)46-22-8-5-19-41(46)42-20-6-9-23-47(42)57/h1-35H. The third-order valence-corrected chi connectivity index (χ3v) is 14.2. The number of hydrogen-bond acceptors (Lipinski definition) is 0. The summed E-state index contributed by atoms with van der Waals surface area (Å²) in [6.45, 7) is 0. The van der Waals surface area contributed by atoms with Crippen LogP contribution in [-0.2, 0) is 10.8 Å². The fraction of sp³-hybridized carbons (Fsp3) is 0.0345. The average molecular weight is 746 g/mol. The first-order valence-corrected chi connectivity index (χ1v) is 20.8. The van der Waals surface area contributed by atoms with Crippen molar-refractivity contribution in [2.24, 2.45) is 0 Å². The van der Waals surface area contributed by atoms with Gasteiger partial charge in [0.15, 0.2) is 0 Å². The summed E-state index contributed by atoms with van der Waals surface area (Å²) in [6, 6.07) is 80.6. The Hall–Kier alpha value is -7.48. The highest BCUT2D eigenvalue weighted by molar-refractivity contribution is 6.22. The Morgan fingerprint density at radius 1 is 0.271 bits per heavy atom. The maximum Gasteiger partial charge on any atom is 0.0720 e. The van der Waals surface area contributed by atoms with Crippen LogP contribution in [0.25, 0.3) is 71.3 Å². The van der Waals surface area contributed by atoms with Crippen LogP contribution in [0.2, 0.25) is 0 Å². The van der Waals surface area contributed by atoms with Crippen LogP contribution in [0.15, 0.2) is 212 Å². The highest BCUT2D eigenvalue weighted by Crippen LogP contribution is 2.67. The molecular weight excluding hydrogens is 711 g/mol. The van der Waals surface area contributed by atoms with Crippen molar-refractivity contribution in [3.8, 4) is 27.9 Å². The normalized spacial score (nSPS) is 14.7. The summed E-state index contributed by atoms with van der Waals surface area (Å²) < 4.78 is 2.53. The maximum absolute atomic E-state index is 2.58. The smallest absolute Gasteiger partial charge is 0.0720 e. The molecule has 1 nitrogen and oxygen atoms in total. The molecule has 0 unspecified atom stereocenters. The summed E-state index contributed by atoms with van der Waals surface area (Å²) in [4.78, 5) is 0. The first kappa shape index (κ1) is 31.6. The summed E-state index contributed by atoms with van der Waals surface area (Å²) in [6.07, 6.45) is 0. The second-order valence-corrected chi connectivity index (χ2v) is 16.7. The Balaban J connectivity index is 1.17. The minimum Gasteiger partial charge on any atom is -0.309 e. The van der Waals surface area contributed by atoms with Gasteiger partial charge in [-0.2, -0.15) is 0 Å². The summed E-state index contributed by atoms with van der Waals surface area (Å²) >= 11 is 0. The van der Waals surface area contributed by atoms with E-state index in [-0.39, 0.29) is 0 Å².